The minimum absolute atomic E-state index is 0.0189. The third kappa shape index (κ3) is 2.64. The summed E-state index contributed by atoms with van der Waals surface area (Å²) < 4.78 is 5.01. The second kappa shape index (κ2) is 6.30. The Morgan fingerprint density at radius 3 is 2.75 bits per heavy atom. The average molecular weight is 334 g/mol. The summed E-state index contributed by atoms with van der Waals surface area (Å²) >= 11 is 0. The Morgan fingerprint density at radius 2 is 2.12 bits per heavy atom. The molecule has 0 unspecified atom stereocenters. The number of fused-ring (bicyclic) bond motifs is 1. The number of esters is 1. The van der Waals surface area contributed by atoms with Gasteiger partial charge in [0.2, 0.25) is 0 Å². The quantitative estimate of drug-likeness (QED) is 0.613. The fourth-order valence-corrected chi connectivity index (χ4v) is 5.63. The Labute approximate surface area is 144 Å². The summed E-state index contributed by atoms with van der Waals surface area (Å²) in [5, 5.41) is 20.5. The molecule has 0 bridgehead atoms. The molecular weight excluding hydrogens is 304 g/mol. The van der Waals surface area contributed by atoms with Gasteiger partial charge in [-0.15, -0.1) is 0 Å². The van der Waals surface area contributed by atoms with Gasteiger partial charge in [-0.05, 0) is 61.9 Å². The van der Waals surface area contributed by atoms with Crippen LogP contribution < -0.4 is 0 Å². The maximum absolute atomic E-state index is 11.7. The molecule has 5 atom stereocenters. The van der Waals surface area contributed by atoms with E-state index in [4.69, 9.17) is 4.74 Å². The largest absolute Gasteiger partial charge is 0.458 e. The number of allylic oxidation sites excluding steroid dienone is 1. The average Bonchev–Trinajstić information content (AvgIpc) is 2.96. The molecule has 0 spiro atoms. The molecule has 0 amide bonds. The molecule has 2 aliphatic carbocycles. The van der Waals surface area contributed by atoms with Gasteiger partial charge >= 0.3 is 5.97 Å². The van der Waals surface area contributed by atoms with Crippen LogP contribution in [0.3, 0.4) is 0 Å². The summed E-state index contributed by atoms with van der Waals surface area (Å²) in [5.74, 6) is 0.417. The van der Waals surface area contributed by atoms with Crippen LogP contribution in [0.25, 0.3) is 0 Å². The van der Waals surface area contributed by atoms with Crippen molar-refractivity contribution in [2.75, 3.05) is 13.2 Å². The van der Waals surface area contributed by atoms with Gasteiger partial charge in [-0.2, -0.15) is 0 Å². The van der Waals surface area contributed by atoms with Crippen molar-refractivity contribution in [3.05, 3.63) is 23.8 Å². The molecule has 4 nitrogen and oxygen atoms in total. The number of carbonyl (C=O) groups excluding carboxylic acids is 1. The van der Waals surface area contributed by atoms with Gasteiger partial charge < -0.3 is 14.9 Å². The van der Waals surface area contributed by atoms with Gasteiger partial charge in [0.15, 0.2) is 0 Å². The summed E-state index contributed by atoms with van der Waals surface area (Å²) in [7, 11) is 0. The van der Waals surface area contributed by atoms with Crippen molar-refractivity contribution in [3.63, 3.8) is 0 Å². The van der Waals surface area contributed by atoms with E-state index in [0.717, 1.165) is 44.1 Å². The molecule has 0 aromatic rings. The van der Waals surface area contributed by atoms with Crippen molar-refractivity contribution in [1.82, 2.24) is 0 Å². The first-order chi connectivity index (χ1) is 11.3. The summed E-state index contributed by atoms with van der Waals surface area (Å²) in [4.78, 5) is 11.7. The van der Waals surface area contributed by atoms with Crippen LogP contribution in [0.4, 0.5) is 0 Å². The molecule has 2 saturated carbocycles. The first-order valence-electron chi connectivity index (χ1n) is 9.15. The molecule has 1 aliphatic heterocycles. The molecule has 0 aromatic carbocycles. The van der Waals surface area contributed by atoms with E-state index in [2.05, 4.69) is 13.5 Å². The topological polar surface area (TPSA) is 66.8 Å². The highest BCUT2D eigenvalue weighted by Gasteiger charge is 2.57. The molecule has 0 aromatic heterocycles. The van der Waals surface area contributed by atoms with Crippen LogP contribution in [0.2, 0.25) is 0 Å². The lowest BCUT2D eigenvalue weighted by molar-refractivity contribution is -0.152. The Balaban J connectivity index is 1.83. The molecule has 0 saturated heterocycles. The Kier molecular flexibility index (Phi) is 4.65. The minimum Gasteiger partial charge on any atom is -0.458 e. The number of aliphatic hydroxyl groups is 2. The van der Waals surface area contributed by atoms with Crippen LogP contribution in [0.1, 0.15) is 52.4 Å². The maximum Gasteiger partial charge on any atom is 0.334 e. The maximum atomic E-state index is 11.7. The van der Waals surface area contributed by atoms with Crippen LogP contribution in [0.5, 0.6) is 0 Å². The van der Waals surface area contributed by atoms with Crippen LogP contribution in [-0.4, -0.2) is 35.5 Å². The highest BCUT2D eigenvalue weighted by molar-refractivity contribution is 5.90. The number of hydrogen-bond acceptors (Lipinski definition) is 4. The van der Waals surface area contributed by atoms with E-state index >= 15 is 0 Å². The van der Waals surface area contributed by atoms with Gasteiger partial charge in [-0.3, -0.25) is 0 Å². The van der Waals surface area contributed by atoms with E-state index in [1.165, 1.54) is 5.57 Å². The zero-order chi connectivity index (χ0) is 17.5. The normalized spacial score (nSPS) is 42.5. The van der Waals surface area contributed by atoms with Gasteiger partial charge in [0.25, 0.3) is 0 Å². The summed E-state index contributed by atoms with van der Waals surface area (Å²) in [6, 6.07) is 0. The Morgan fingerprint density at radius 1 is 1.38 bits per heavy atom. The molecule has 1 heterocycles. The van der Waals surface area contributed by atoms with Crippen LogP contribution in [0.15, 0.2) is 23.8 Å². The molecule has 4 heteroatoms. The monoisotopic (exact) mass is 334 g/mol. The number of cyclic esters (lactones) is 1. The predicted molar refractivity (Wildman–Crippen MR) is 92.2 cm³/mol. The number of ether oxygens (including phenoxy) is 1. The predicted octanol–water partition coefficient (Wildman–Crippen LogP) is 2.99. The van der Waals surface area contributed by atoms with E-state index in [1.54, 1.807) is 0 Å². The van der Waals surface area contributed by atoms with Gasteiger partial charge in [0, 0.05) is 11.0 Å². The van der Waals surface area contributed by atoms with Gasteiger partial charge in [-0.25, -0.2) is 4.79 Å². The highest BCUT2D eigenvalue weighted by Crippen LogP contribution is 2.61. The minimum atomic E-state index is -0.447. The SMILES string of the molecule is C=C1CC[C@@H]2[C@](C)(CO)[C@@H](O)CC[C@@]2(C)[C@@H]1CCC1=CCOC1=O. The second-order valence-corrected chi connectivity index (χ2v) is 8.39. The first-order valence-corrected chi connectivity index (χ1v) is 9.15. The lowest BCUT2D eigenvalue weighted by Crippen LogP contribution is -2.57. The standard InChI is InChI=1S/C20H30O4/c1-13-4-7-16-19(2,10-8-17(22)20(16,3)12-21)15(13)6-5-14-9-11-24-18(14)23/h9,15-17,21-22H,1,4-8,10-12H2,2-3H3/t15-,16+,17+,19+,20+/m1/s1. The molecule has 24 heavy (non-hydrogen) atoms. The Hall–Kier alpha value is -1.13. The number of carbonyl (C=O) groups is 1. The van der Waals surface area contributed by atoms with Crippen LogP contribution >= 0.6 is 0 Å². The molecule has 2 fully saturated rings. The van der Waals surface area contributed by atoms with E-state index in [0.29, 0.717) is 12.5 Å². The van der Waals surface area contributed by atoms with E-state index in [9.17, 15) is 15.0 Å². The lowest BCUT2D eigenvalue weighted by atomic mass is 9.46. The zero-order valence-electron chi connectivity index (χ0n) is 14.9. The highest BCUT2D eigenvalue weighted by atomic mass is 16.5. The molecule has 0 radical (unpaired) electrons. The number of aliphatic hydroxyl groups excluding tert-OH is 2. The third-order valence-electron chi connectivity index (χ3n) is 7.20. The van der Waals surface area contributed by atoms with E-state index in [1.807, 2.05) is 13.0 Å². The second-order valence-electron chi connectivity index (χ2n) is 8.39. The van der Waals surface area contributed by atoms with Crippen molar-refractivity contribution in [2.45, 2.75) is 58.5 Å². The van der Waals surface area contributed by atoms with Crippen molar-refractivity contribution in [3.8, 4) is 0 Å². The van der Waals surface area contributed by atoms with E-state index in [-0.39, 0.29) is 23.9 Å². The lowest BCUT2D eigenvalue weighted by Gasteiger charge is -2.60. The number of hydrogen-bond donors (Lipinski definition) is 2. The molecule has 3 rings (SSSR count). The number of rotatable bonds is 4. The molecule has 2 N–H and O–H groups in total. The molecular formula is C20H30O4. The van der Waals surface area contributed by atoms with E-state index < -0.39 is 11.5 Å². The molecule has 134 valence electrons. The third-order valence-corrected chi connectivity index (χ3v) is 7.20. The summed E-state index contributed by atoms with van der Waals surface area (Å²) in [6.07, 6.45) is 6.64. The van der Waals surface area contributed by atoms with Crippen LogP contribution in [0, 0.1) is 22.7 Å². The van der Waals surface area contributed by atoms with Crippen LogP contribution in [-0.2, 0) is 9.53 Å². The van der Waals surface area contributed by atoms with Crippen molar-refractivity contribution in [2.24, 2.45) is 22.7 Å². The summed E-state index contributed by atoms with van der Waals surface area (Å²) in [6.45, 7) is 9.07. The van der Waals surface area contributed by atoms with Gasteiger partial charge in [-0.1, -0.05) is 26.0 Å². The van der Waals surface area contributed by atoms with Crippen molar-refractivity contribution in [1.29, 1.82) is 0 Å². The van der Waals surface area contributed by atoms with Crippen molar-refractivity contribution < 1.29 is 19.7 Å². The summed E-state index contributed by atoms with van der Waals surface area (Å²) in [5.41, 5.74) is 1.62. The van der Waals surface area contributed by atoms with Crippen molar-refractivity contribution >= 4 is 5.97 Å². The Bertz CT molecular complexity index is 566. The fourth-order valence-electron chi connectivity index (χ4n) is 5.63. The first kappa shape index (κ1) is 17.7. The smallest absolute Gasteiger partial charge is 0.334 e. The van der Waals surface area contributed by atoms with Gasteiger partial charge in [0.1, 0.15) is 6.61 Å². The fraction of sp³-hybridized carbons (Fsp3) is 0.750. The zero-order valence-corrected chi connectivity index (χ0v) is 14.9. The molecule has 3 aliphatic rings. The van der Waals surface area contributed by atoms with Gasteiger partial charge in [0.05, 0.1) is 12.7 Å².